The van der Waals surface area contributed by atoms with Crippen LogP contribution in [0.5, 0.6) is 0 Å². The second-order valence-corrected chi connectivity index (χ2v) is 1.91. The summed E-state index contributed by atoms with van der Waals surface area (Å²) < 4.78 is 23.9. The first kappa shape index (κ1) is 8.54. The van der Waals surface area contributed by atoms with Gasteiger partial charge in [0.15, 0.2) is 0 Å². The van der Waals surface area contributed by atoms with Gasteiger partial charge in [0, 0.05) is 7.11 Å². The largest absolute Gasteiger partial charge is 0.375 e. The van der Waals surface area contributed by atoms with Gasteiger partial charge in [-0.05, 0) is 0 Å². The standard InChI is InChI=1S/C3H7NO4S/c1-8-2-3(5)4-9(6)7/h2H2,1H3,(H,4,5)(H,6,7). The zero-order valence-corrected chi connectivity index (χ0v) is 5.60. The maximum absolute atomic E-state index is 10.3. The molecule has 0 radical (unpaired) electrons. The summed E-state index contributed by atoms with van der Waals surface area (Å²) in [4.78, 5) is 10.3. The van der Waals surface area contributed by atoms with Gasteiger partial charge in [0.05, 0.1) is 0 Å². The summed E-state index contributed by atoms with van der Waals surface area (Å²) in [5.41, 5.74) is 0. The van der Waals surface area contributed by atoms with Crippen molar-refractivity contribution in [3.63, 3.8) is 0 Å². The molecule has 0 bridgehead atoms. The van der Waals surface area contributed by atoms with Crippen LogP contribution >= 0.6 is 0 Å². The predicted octanol–water partition coefficient (Wildman–Crippen LogP) is -1.11. The first-order valence-electron chi connectivity index (χ1n) is 2.06. The molecule has 1 atom stereocenters. The Bertz CT molecular complexity index is 125. The number of hydrogen-bond donors (Lipinski definition) is 2. The number of methoxy groups -OCH3 is 1. The fourth-order valence-corrected chi connectivity index (χ4v) is 0.512. The van der Waals surface area contributed by atoms with Crippen molar-refractivity contribution >= 4 is 17.2 Å². The van der Waals surface area contributed by atoms with Gasteiger partial charge in [-0.1, -0.05) is 0 Å². The number of nitrogens with one attached hydrogen (secondary N) is 1. The third-order valence-electron chi connectivity index (χ3n) is 0.477. The third-order valence-corrected chi connectivity index (χ3v) is 0.879. The zero-order valence-electron chi connectivity index (χ0n) is 4.79. The van der Waals surface area contributed by atoms with Gasteiger partial charge in [0.2, 0.25) is 0 Å². The molecule has 1 amide bonds. The van der Waals surface area contributed by atoms with Gasteiger partial charge < -0.3 is 4.74 Å². The van der Waals surface area contributed by atoms with Crippen molar-refractivity contribution in [2.24, 2.45) is 0 Å². The van der Waals surface area contributed by atoms with E-state index in [2.05, 4.69) is 4.74 Å². The molecule has 5 nitrogen and oxygen atoms in total. The van der Waals surface area contributed by atoms with Gasteiger partial charge in [-0.25, -0.2) is 8.93 Å². The van der Waals surface area contributed by atoms with Crippen LogP contribution < -0.4 is 4.72 Å². The molecular weight excluding hydrogens is 146 g/mol. The summed E-state index contributed by atoms with van der Waals surface area (Å²) in [6.07, 6.45) is 0. The topological polar surface area (TPSA) is 75.6 Å². The summed E-state index contributed by atoms with van der Waals surface area (Å²) in [6.45, 7) is -0.202. The lowest BCUT2D eigenvalue weighted by Crippen LogP contribution is -2.28. The Morgan fingerprint density at radius 1 is 1.89 bits per heavy atom. The van der Waals surface area contributed by atoms with Crippen molar-refractivity contribution in [2.75, 3.05) is 13.7 Å². The van der Waals surface area contributed by atoms with Crippen LogP contribution in [0, 0.1) is 0 Å². The monoisotopic (exact) mass is 153 g/mol. The molecule has 0 aliphatic rings. The summed E-state index contributed by atoms with van der Waals surface area (Å²) in [6, 6.07) is 0. The Labute approximate surface area is 54.8 Å². The van der Waals surface area contributed by atoms with Crippen LogP contribution in [-0.4, -0.2) is 28.4 Å². The Morgan fingerprint density at radius 2 is 2.44 bits per heavy atom. The molecule has 0 saturated heterocycles. The van der Waals surface area contributed by atoms with Crippen molar-refractivity contribution in [1.29, 1.82) is 0 Å². The predicted molar refractivity (Wildman–Crippen MR) is 30.8 cm³/mol. The van der Waals surface area contributed by atoms with Crippen molar-refractivity contribution in [3.8, 4) is 0 Å². The molecule has 0 aromatic rings. The second-order valence-electron chi connectivity index (χ2n) is 1.21. The van der Waals surface area contributed by atoms with E-state index < -0.39 is 17.2 Å². The molecule has 0 aliphatic heterocycles. The normalized spacial score (nSPS) is 12.7. The molecule has 6 heteroatoms. The number of carbonyl (C=O) groups is 1. The van der Waals surface area contributed by atoms with Crippen molar-refractivity contribution in [1.82, 2.24) is 4.72 Å². The van der Waals surface area contributed by atoms with E-state index in [1.165, 1.54) is 7.11 Å². The average Bonchev–Trinajstić information content (AvgIpc) is 1.63. The second kappa shape index (κ2) is 4.42. The summed E-state index contributed by atoms with van der Waals surface area (Å²) in [7, 11) is 1.32. The van der Waals surface area contributed by atoms with E-state index in [0.717, 1.165) is 0 Å². The first-order valence-corrected chi connectivity index (χ1v) is 3.16. The lowest BCUT2D eigenvalue weighted by atomic mass is 10.7. The van der Waals surface area contributed by atoms with Gasteiger partial charge >= 0.3 is 0 Å². The van der Waals surface area contributed by atoms with Crippen LogP contribution in [0.3, 0.4) is 0 Å². The first-order chi connectivity index (χ1) is 4.16. The SMILES string of the molecule is COCC(=O)NS(=O)O. The van der Waals surface area contributed by atoms with Crippen LogP contribution in [0.25, 0.3) is 0 Å². The third kappa shape index (κ3) is 5.41. The van der Waals surface area contributed by atoms with E-state index in [0.29, 0.717) is 0 Å². The van der Waals surface area contributed by atoms with Crippen LogP contribution in [0.4, 0.5) is 0 Å². The Hall–Kier alpha value is -0.460. The Balaban J connectivity index is 3.39. The minimum Gasteiger partial charge on any atom is -0.375 e. The summed E-state index contributed by atoms with van der Waals surface area (Å²) in [5.74, 6) is -0.613. The number of rotatable bonds is 3. The minimum absolute atomic E-state index is 0.202. The molecule has 54 valence electrons. The van der Waals surface area contributed by atoms with E-state index in [1.807, 2.05) is 0 Å². The smallest absolute Gasteiger partial charge is 0.261 e. The molecule has 0 spiro atoms. The molecule has 0 saturated carbocycles. The minimum atomic E-state index is -2.28. The summed E-state index contributed by atoms with van der Waals surface area (Å²) in [5, 5.41) is 0. The fraction of sp³-hybridized carbons (Fsp3) is 0.667. The molecule has 0 heterocycles. The molecule has 2 N–H and O–H groups in total. The van der Waals surface area contributed by atoms with Crippen LogP contribution in [0.2, 0.25) is 0 Å². The highest BCUT2D eigenvalue weighted by Gasteiger charge is 2.00. The van der Waals surface area contributed by atoms with E-state index in [1.54, 1.807) is 4.72 Å². The van der Waals surface area contributed by atoms with Gasteiger partial charge in [-0.15, -0.1) is 0 Å². The van der Waals surface area contributed by atoms with Crippen molar-refractivity contribution in [2.45, 2.75) is 0 Å². The number of carbonyl (C=O) groups excluding carboxylic acids is 1. The van der Waals surface area contributed by atoms with E-state index in [-0.39, 0.29) is 6.61 Å². The maximum Gasteiger partial charge on any atom is 0.261 e. The van der Waals surface area contributed by atoms with Gasteiger partial charge in [0.1, 0.15) is 6.61 Å². The quantitative estimate of drug-likeness (QED) is 0.504. The highest BCUT2D eigenvalue weighted by atomic mass is 32.2. The van der Waals surface area contributed by atoms with Gasteiger partial charge in [-0.2, -0.15) is 0 Å². The number of ether oxygens (including phenoxy) is 1. The van der Waals surface area contributed by atoms with E-state index in [4.69, 9.17) is 4.55 Å². The van der Waals surface area contributed by atoms with Crippen molar-refractivity contribution in [3.05, 3.63) is 0 Å². The Morgan fingerprint density at radius 3 is 2.78 bits per heavy atom. The van der Waals surface area contributed by atoms with Gasteiger partial charge in [-0.3, -0.25) is 9.35 Å². The molecule has 0 aromatic heterocycles. The van der Waals surface area contributed by atoms with Crippen LogP contribution in [-0.2, 0) is 20.8 Å². The molecule has 0 aliphatic carbocycles. The molecule has 9 heavy (non-hydrogen) atoms. The van der Waals surface area contributed by atoms with Gasteiger partial charge in [0.25, 0.3) is 17.2 Å². The number of hydrogen-bond acceptors (Lipinski definition) is 3. The van der Waals surface area contributed by atoms with Crippen LogP contribution in [0.1, 0.15) is 0 Å². The molecule has 1 unspecified atom stereocenters. The molecule has 0 rings (SSSR count). The lowest BCUT2D eigenvalue weighted by Gasteiger charge is -1.95. The molecule has 0 aromatic carbocycles. The highest BCUT2D eigenvalue weighted by molar-refractivity contribution is 7.77. The summed E-state index contributed by atoms with van der Waals surface area (Å²) >= 11 is -2.28. The zero-order chi connectivity index (χ0) is 7.28. The fourth-order valence-electron chi connectivity index (χ4n) is 0.258. The number of amides is 1. The molecule has 0 fully saturated rings. The average molecular weight is 153 g/mol. The van der Waals surface area contributed by atoms with Crippen molar-refractivity contribution < 1.29 is 18.3 Å². The molecular formula is C3H7NO4S. The van der Waals surface area contributed by atoms with E-state index in [9.17, 15) is 9.00 Å². The lowest BCUT2D eigenvalue weighted by molar-refractivity contribution is -0.122. The van der Waals surface area contributed by atoms with E-state index >= 15 is 0 Å². The van der Waals surface area contributed by atoms with Crippen LogP contribution in [0.15, 0.2) is 0 Å². The highest BCUT2D eigenvalue weighted by Crippen LogP contribution is 1.69. The Kier molecular flexibility index (Phi) is 4.20. The maximum atomic E-state index is 10.3.